The van der Waals surface area contributed by atoms with Crippen LogP contribution in [-0.2, 0) is 0 Å². The smallest absolute Gasteiger partial charge is 0.101 e. The van der Waals surface area contributed by atoms with Gasteiger partial charge in [0.25, 0.3) is 0 Å². The predicted molar refractivity (Wildman–Crippen MR) is 43.6 cm³/mol. The Morgan fingerprint density at radius 2 is 1.88 bits per heavy atom. The summed E-state index contributed by atoms with van der Waals surface area (Å²) in [7, 11) is 0. The molecule has 0 saturated heterocycles. The van der Waals surface area contributed by atoms with Crippen LogP contribution >= 0.6 is 22.9 Å². The van der Waals surface area contributed by atoms with E-state index in [0.29, 0.717) is 0 Å². The summed E-state index contributed by atoms with van der Waals surface area (Å²) < 4.78 is 3.57. The van der Waals surface area contributed by atoms with E-state index in [9.17, 15) is 0 Å². The largest absolute Gasteiger partial charge is 0.219 e. The van der Waals surface area contributed by atoms with Gasteiger partial charge in [-0.05, 0) is 20.8 Å². The highest BCUT2D eigenvalue weighted by atomic mass is 127. The molecule has 2 nitrogen and oxygen atoms in total. The number of hydrogen-bond acceptors (Lipinski definition) is 2. The lowest BCUT2D eigenvalue weighted by molar-refractivity contribution is 0.587. The average molecular weight is 224 g/mol. The van der Waals surface area contributed by atoms with Crippen LogP contribution in [0.25, 0.3) is 0 Å². The van der Waals surface area contributed by atoms with Gasteiger partial charge in [-0.3, -0.25) is 0 Å². The Kier molecular flexibility index (Phi) is 3.24. The summed E-state index contributed by atoms with van der Waals surface area (Å²) in [6.07, 6.45) is 0. The first-order chi connectivity index (χ1) is 3.56. The highest BCUT2D eigenvalue weighted by Crippen LogP contribution is 2.03. The Balaban J connectivity index is 3.89. The molecule has 0 saturated carbocycles. The molecule has 0 heterocycles. The van der Waals surface area contributed by atoms with Crippen LogP contribution in [0.3, 0.4) is 0 Å². The summed E-state index contributed by atoms with van der Waals surface area (Å²) in [5.41, 5.74) is -0.0331. The van der Waals surface area contributed by atoms with E-state index < -0.39 is 0 Å². The third kappa shape index (κ3) is 6.11. The number of aliphatic imine (C=N–C) groups is 1. The maximum atomic E-state index is 3.95. The van der Waals surface area contributed by atoms with Crippen molar-refractivity contribution < 1.29 is 0 Å². The Labute approximate surface area is 63.6 Å². The van der Waals surface area contributed by atoms with E-state index in [0.717, 1.165) is 0 Å². The molecule has 0 atom stereocenters. The van der Waals surface area contributed by atoms with Crippen LogP contribution in [-0.4, -0.2) is 11.5 Å². The summed E-state index contributed by atoms with van der Waals surface area (Å²) in [6, 6.07) is 2.52. The fourth-order valence-electron chi connectivity index (χ4n) is 0.169. The first-order valence-corrected chi connectivity index (χ1v) is 3.30. The van der Waals surface area contributed by atoms with E-state index in [1.54, 1.807) is 0 Å². The van der Waals surface area contributed by atoms with Gasteiger partial charge in [-0.25, -0.2) is 4.99 Å². The molecule has 0 aromatic rings. The maximum absolute atomic E-state index is 3.95. The molecule has 0 aliphatic heterocycles. The van der Waals surface area contributed by atoms with Gasteiger partial charge < -0.3 is 0 Å². The third-order valence-corrected chi connectivity index (χ3v) is 0.639. The molecule has 3 heteroatoms. The number of nitrogens with zero attached hydrogens (tertiary/aromatic N) is 2. The minimum atomic E-state index is -0.0331. The monoisotopic (exact) mass is 224 g/mol. The second kappa shape index (κ2) is 3.20. The van der Waals surface area contributed by atoms with Gasteiger partial charge in [0, 0.05) is 0 Å². The number of rotatable bonds is 0. The molecule has 46 valence electrons. The van der Waals surface area contributed by atoms with Crippen molar-refractivity contribution in [2.24, 2.45) is 8.20 Å². The van der Waals surface area contributed by atoms with Crippen LogP contribution in [0.5, 0.6) is 0 Å². The second-order valence-corrected chi connectivity index (χ2v) is 2.95. The summed E-state index contributed by atoms with van der Waals surface area (Å²) >= 11 is 1.85. The molecule has 0 unspecified atom stereocenters. The topological polar surface area (TPSA) is 24.7 Å². The van der Waals surface area contributed by atoms with Crippen molar-refractivity contribution >= 4 is 28.9 Å². The summed E-state index contributed by atoms with van der Waals surface area (Å²) in [6.45, 7) is 6.01. The predicted octanol–water partition coefficient (Wildman–Crippen LogP) is 2.31. The lowest BCUT2D eigenvalue weighted by Gasteiger charge is -2.06. The molecule has 0 aromatic heterocycles. The fourth-order valence-corrected chi connectivity index (χ4v) is 0.277. The highest BCUT2D eigenvalue weighted by molar-refractivity contribution is 14.1. The molecular weight excluding hydrogens is 215 g/mol. The first-order valence-electron chi connectivity index (χ1n) is 2.34. The molecule has 0 amide bonds. The van der Waals surface area contributed by atoms with Crippen molar-refractivity contribution in [3.8, 4) is 0 Å². The Bertz CT molecular complexity index is 117. The van der Waals surface area contributed by atoms with E-state index >= 15 is 0 Å². The normalized spacial score (nSPS) is 10.0. The van der Waals surface area contributed by atoms with Crippen LogP contribution in [0.1, 0.15) is 20.8 Å². The lowest BCUT2D eigenvalue weighted by Crippen LogP contribution is -2.07. The highest BCUT2D eigenvalue weighted by Gasteiger charge is 2.03. The molecule has 0 aromatic carbocycles. The Morgan fingerprint density at radius 3 is 2.00 bits per heavy atom. The summed E-state index contributed by atoms with van der Waals surface area (Å²) in [4.78, 5) is 3.95. The second-order valence-electron chi connectivity index (χ2n) is 2.47. The van der Waals surface area contributed by atoms with Gasteiger partial charge in [-0.1, -0.05) is 0 Å². The van der Waals surface area contributed by atoms with Gasteiger partial charge >= 0.3 is 0 Å². The van der Waals surface area contributed by atoms with E-state index in [1.165, 1.54) is 0 Å². The average Bonchev–Trinajstić information content (AvgIpc) is 1.59. The molecule has 0 rings (SSSR count). The summed E-state index contributed by atoms with van der Waals surface area (Å²) in [5.74, 6) is 0. The molecular formula is C5H9IN2. The van der Waals surface area contributed by atoms with Crippen molar-refractivity contribution in [2.45, 2.75) is 26.3 Å². The van der Waals surface area contributed by atoms with Crippen molar-refractivity contribution in [3.63, 3.8) is 0 Å². The minimum absolute atomic E-state index is 0.0331. The zero-order valence-electron chi connectivity index (χ0n) is 5.27. The Hall–Kier alpha value is 0.110. The zero-order chi connectivity index (χ0) is 6.62. The molecule has 0 radical (unpaired) electrons. The van der Waals surface area contributed by atoms with Crippen molar-refractivity contribution in [1.29, 1.82) is 0 Å². The van der Waals surface area contributed by atoms with E-state index in [-0.39, 0.29) is 5.54 Å². The lowest BCUT2D eigenvalue weighted by atomic mass is 10.1. The van der Waals surface area contributed by atoms with E-state index in [1.807, 2.05) is 43.6 Å². The van der Waals surface area contributed by atoms with E-state index in [4.69, 9.17) is 0 Å². The van der Waals surface area contributed by atoms with Crippen LogP contribution in [0.4, 0.5) is 0 Å². The first kappa shape index (κ1) is 8.11. The van der Waals surface area contributed by atoms with Gasteiger partial charge in [0.2, 0.25) is 0 Å². The minimum Gasteiger partial charge on any atom is -0.219 e. The van der Waals surface area contributed by atoms with Crippen LogP contribution in [0, 0.1) is 0 Å². The molecule has 8 heavy (non-hydrogen) atoms. The van der Waals surface area contributed by atoms with Crippen molar-refractivity contribution in [3.05, 3.63) is 0 Å². The SMILES string of the molecule is CC(C)(C)N=C=NI. The molecule has 0 N–H and O–H groups in total. The van der Waals surface area contributed by atoms with Crippen molar-refractivity contribution in [1.82, 2.24) is 0 Å². The van der Waals surface area contributed by atoms with Gasteiger partial charge in [0.1, 0.15) is 6.01 Å². The molecule has 0 aliphatic rings. The van der Waals surface area contributed by atoms with Gasteiger partial charge in [0.05, 0.1) is 28.4 Å². The maximum Gasteiger partial charge on any atom is 0.101 e. The number of halogens is 1. The van der Waals surface area contributed by atoms with Crippen molar-refractivity contribution in [2.75, 3.05) is 0 Å². The van der Waals surface area contributed by atoms with Gasteiger partial charge in [-0.15, -0.1) is 0 Å². The van der Waals surface area contributed by atoms with Gasteiger partial charge in [0.15, 0.2) is 0 Å². The van der Waals surface area contributed by atoms with Gasteiger partial charge in [-0.2, -0.15) is 3.21 Å². The zero-order valence-corrected chi connectivity index (χ0v) is 7.43. The standard InChI is InChI=1S/C5H9IN2/c1-5(2,3)7-4-8-6/h1-3H3. The quantitative estimate of drug-likeness (QED) is 0.445. The van der Waals surface area contributed by atoms with Crippen LogP contribution < -0.4 is 0 Å². The third-order valence-electron chi connectivity index (χ3n) is 0.423. The fraction of sp³-hybridized carbons (Fsp3) is 0.800. The molecule has 0 bridgehead atoms. The Morgan fingerprint density at radius 1 is 1.38 bits per heavy atom. The van der Waals surface area contributed by atoms with Crippen LogP contribution in [0.15, 0.2) is 8.20 Å². The van der Waals surface area contributed by atoms with Crippen LogP contribution in [0.2, 0.25) is 0 Å². The van der Waals surface area contributed by atoms with E-state index in [2.05, 4.69) is 14.2 Å². The molecule has 0 aliphatic carbocycles. The molecule has 0 fully saturated rings. The molecule has 0 spiro atoms. The number of hydrogen-bond donors (Lipinski definition) is 0. The summed E-state index contributed by atoms with van der Waals surface area (Å²) in [5, 5.41) is 0.